The van der Waals surface area contributed by atoms with Gasteiger partial charge in [-0.25, -0.2) is 0 Å². The molecule has 0 atom stereocenters. The quantitative estimate of drug-likeness (QED) is 0.525. The number of hydrogen-bond acceptors (Lipinski definition) is 1. The van der Waals surface area contributed by atoms with E-state index in [0.717, 1.165) is 0 Å². The molecule has 0 radical (unpaired) electrons. The van der Waals surface area contributed by atoms with E-state index in [9.17, 15) is 0 Å². The third-order valence-electron chi connectivity index (χ3n) is 2.46. The van der Waals surface area contributed by atoms with Gasteiger partial charge in [-0.1, -0.05) is 45.6 Å². The molecule has 1 nitrogen and oxygen atoms in total. The fourth-order valence-corrected chi connectivity index (χ4v) is 1.60. The summed E-state index contributed by atoms with van der Waals surface area (Å²) in [5, 5.41) is 0. The van der Waals surface area contributed by atoms with Gasteiger partial charge in [-0.05, 0) is 26.0 Å². The lowest BCUT2D eigenvalue weighted by atomic mass is 10.2. The summed E-state index contributed by atoms with van der Waals surface area (Å²) in [7, 11) is 0. The monoisotopic (exact) mass is 233 g/mol. The molecule has 0 aliphatic rings. The van der Waals surface area contributed by atoms with Gasteiger partial charge in [0.2, 0.25) is 0 Å². The van der Waals surface area contributed by atoms with Crippen LogP contribution in [0.1, 0.15) is 59.3 Å². The Morgan fingerprint density at radius 1 is 0.867 bits per heavy atom. The maximum atomic E-state index is 2.46. The number of halogens is 1. The van der Waals surface area contributed by atoms with E-state index in [4.69, 9.17) is 0 Å². The molecule has 0 spiro atoms. The molecule has 15 heavy (non-hydrogen) atoms. The molecule has 0 bridgehead atoms. The van der Waals surface area contributed by atoms with Crippen molar-refractivity contribution in [3.8, 4) is 0 Å². The van der Waals surface area contributed by atoms with E-state index in [-0.39, 0.29) is 12.4 Å². The molecule has 0 heterocycles. The van der Waals surface area contributed by atoms with Crippen LogP contribution in [0.25, 0.3) is 0 Å². The lowest BCUT2D eigenvalue weighted by molar-refractivity contribution is 0.353. The minimum Gasteiger partial charge on any atom is -0.378 e. The van der Waals surface area contributed by atoms with Crippen molar-refractivity contribution in [2.75, 3.05) is 13.1 Å². The van der Waals surface area contributed by atoms with Crippen LogP contribution in [0.3, 0.4) is 0 Å². The lowest BCUT2D eigenvalue weighted by Gasteiger charge is -2.19. The van der Waals surface area contributed by atoms with E-state index in [1.54, 1.807) is 0 Å². The second kappa shape index (κ2) is 13.8. The molecule has 0 rings (SSSR count). The van der Waals surface area contributed by atoms with Gasteiger partial charge in [0.05, 0.1) is 0 Å². The molecule has 0 aromatic carbocycles. The third kappa shape index (κ3) is 11.8. The largest absolute Gasteiger partial charge is 0.378 e. The molecule has 0 aliphatic heterocycles. The van der Waals surface area contributed by atoms with Crippen LogP contribution in [0.5, 0.6) is 0 Å². The molecule has 92 valence electrons. The first-order valence-electron chi connectivity index (χ1n) is 6.22. The lowest BCUT2D eigenvalue weighted by Crippen LogP contribution is -2.19. The SMILES string of the molecule is CC=CN(CCCCC)CCCCC.Cl. The molecule has 0 aliphatic carbocycles. The van der Waals surface area contributed by atoms with Crippen LogP contribution in [-0.2, 0) is 0 Å². The Morgan fingerprint density at radius 3 is 1.67 bits per heavy atom. The number of allylic oxidation sites excluding steroid dienone is 1. The molecule has 0 saturated carbocycles. The van der Waals surface area contributed by atoms with Crippen molar-refractivity contribution in [3.63, 3.8) is 0 Å². The van der Waals surface area contributed by atoms with E-state index >= 15 is 0 Å². The Bertz CT molecular complexity index is 124. The molecule has 0 unspecified atom stereocenters. The summed E-state index contributed by atoms with van der Waals surface area (Å²) in [5.74, 6) is 0. The normalized spacial score (nSPS) is 10.3. The van der Waals surface area contributed by atoms with Crippen LogP contribution in [0, 0.1) is 0 Å². The van der Waals surface area contributed by atoms with Crippen molar-refractivity contribution in [2.45, 2.75) is 59.3 Å². The van der Waals surface area contributed by atoms with Crippen molar-refractivity contribution in [1.82, 2.24) is 4.90 Å². The number of hydrogen-bond donors (Lipinski definition) is 0. The van der Waals surface area contributed by atoms with Crippen LogP contribution in [-0.4, -0.2) is 18.0 Å². The second-order valence-corrected chi connectivity index (χ2v) is 3.93. The van der Waals surface area contributed by atoms with Gasteiger partial charge < -0.3 is 4.90 Å². The number of nitrogens with zero attached hydrogens (tertiary/aromatic N) is 1. The zero-order chi connectivity index (χ0) is 10.6. The Balaban J connectivity index is 0. The Labute approximate surface area is 102 Å². The second-order valence-electron chi connectivity index (χ2n) is 3.93. The van der Waals surface area contributed by atoms with Gasteiger partial charge >= 0.3 is 0 Å². The summed E-state index contributed by atoms with van der Waals surface area (Å²) in [5.41, 5.74) is 0. The van der Waals surface area contributed by atoms with E-state index in [1.807, 2.05) is 0 Å². The van der Waals surface area contributed by atoms with Crippen LogP contribution in [0.4, 0.5) is 0 Å². The van der Waals surface area contributed by atoms with Gasteiger partial charge in [0.25, 0.3) is 0 Å². The van der Waals surface area contributed by atoms with Crippen LogP contribution >= 0.6 is 12.4 Å². The summed E-state index contributed by atoms with van der Waals surface area (Å²) < 4.78 is 0. The minimum atomic E-state index is 0. The van der Waals surface area contributed by atoms with Crippen LogP contribution in [0.2, 0.25) is 0 Å². The van der Waals surface area contributed by atoms with E-state index in [2.05, 4.69) is 37.9 Å². The fraction of sp³-hybridized carbons (Fsp3) is 0.846. The van der Waals surface area contributed by atoms with Crippen molar-refractivity contribution in [2.24, 2.45) is 0 Å². The van der Waals surface area contributed by atoms with E-state index in [0.29, 0.717) is 0 Å². The summed E-state index contributed by atoms with van der Waals surface area (Å²) in [6.45, 7) is 9.10. The first-order chi connectivity index (χ1) is 6.85. The van der Waals surface area contributed by atoms with Gasteiger partial charge in [0, 0.05) is 13.1 Å². The first kappa shape index (κ1) is 17.2. The van der Waals surface area contributed by atoms with E-state index < -0.39 is 0 Å². The average molecular weight is 234 g/mol. The predicted octanol–water partition coefficient (Wildman–Crippen LogP) is 4.62. The van der Waals surface area contributed by atoms with Gasteiger partial charge in [-0.15, -0.1) is 12.4 Å². The Morgan fingerprint density at radius 2 is 1.33 bits per heavy atom. The average Bonchev–Trinajstić information content (AvgIpc) is 2.18. The molecule has 2 heteroatoms. The van der Waals surface area contributed by atoms with Crippen LogP contribution < -0.4 is 0 Å². The highest BCUT2D eigenvalue weighted by Crippen LogP contribution is 2.03. The van der Waals surface area contributed by atoms with E-state index in [1.165, 1.54) is 51.6 Å². The summed E-state index contributed by atoms with van der Waals surface area (Å²) in [6.07, 6.45) is 12.4. The summed E-state index contributed by atoms with van der Waals surface area (Å²) >= 11 is 0. The molecular formula is C13H28ClN. The Hall–Kier alpha value is -0.170. The maximum Gasteiger partial charge on any atom is 0.0172 e. The van der Waals surface area contributed by atoms with Crippen molar-refractivity contribution < 1.29 is 0 Å². The van der Waals surface area contributed by atoms with Gasteiger partial charge in [0.15, 0.2) is 0 Å². The zero-order valence-electron chi connectivity index (χ0n) is 10.7. The molecular weight excluding hydrogens is 206 g/mol. The molecule has 0 fully saturated rings. The maximum absolute atomic E-state index is 2.46. The number of rotatable bonds is 9. The standard InChI is InChI=1S/C13H27N.ClH/c1-4-7-9-12-14(11-6-3)13-10-8-5-2;/h6,11H,4-5,7-10,12-13H2,1-3H3;1H. The minimum absolute atomic E-state index is 0. The smallest absolute Gasteiger partial charge is 0.0172 e. The molecule has 0 saturated heterocycles. The van der Waals surface area contributed by atoms with Gasteiger partial charge in [-0.2, -0.15) is 0 Å². The topological polar surface area (TPSA) is 3.24 Å². The van der Waals surface area contributed by atoms with Crippen molar-refractivity contribution in [3.05, 3.63) is 12.3 Å². The third-order valence-corrected chi connectivity index (χ3v) is 2.46. The highest BCUT2D eigenvalue weighted by Gasteiger charge is 1.97. The highest BCUT2D eigenvalue weighted by molar-refractivity contribution is 5.85. The van der Waals surface area contributed by atoms with Crippen LogP contribution in [0.15, 0.2) is 12.3 Å². The summed E-state index contributed by atoms with van der Waals surface area (Å²) in [4.78, 5) is 2.46. The number of unbranched alkanes of at least 4 members (excludes halogenated alkanes) is 4. The molecule has 0 N–H and O–H groups in total. The summed E-state index contributed by atoms with van der Waals surface area (Å²) in [6, 6.07) is 0. The predicted molar refractivity (Wildman–Crippen MR) is 72.7 cm³/mol. The molecule has 0 aromatic heterocycles. The zero-order valence-corrected chi connectivity index (χ0v) is 11.5. The van der Waals surface area contributed by atoms with Gasteiger partial charge in [-0.3, -0.25) is 0 Å². The first-order valence-corrected chi connectivity index (χ1v) is 6.22. The molecule has 0 amide bonds. The van der Waals surface area contributed by atoms with Crippen molar-refractivity contribution >= 4 is 12.4 Å². The molecule has 0 aromatic rings. The Kier molecular flexibility index (Phi) is 15.9. The highest BCUT2D eigenvalue weighted by atomic mass is 35.5. The fourth-order valence-electron chi connectivity index (χ4n) is 1.60. The van der Waals surface area contributed by atoms with Gasteiger partial charge in [0.1, 0.15) is 0 Å². The van der Waals surface area contributed by atoms with Crippen molar-refractivity contribution in [1.29, 1.82) is 0 Å².